The van der Waals surface area contributed by atoms with Gasteiger partial charge < -0.3 is 9.42 Å². The minimum absolute atomic E-state index is 0.180. The van der Waals surface area contributed by atoms with Gasteiger partial charge in [0.25, 0.3) is 5.56 Å². The van der Waals surface area contributed by atoms with E-state index in [4.69, 9.17) is 16.1 Å². The molecule has 30 heavy (non-hydrogen) atoms. The lowest BCUT2D eigenvalue weighted by atomic mass is 10.2. The quantitative estimate of drug-likeness (QED) is 0.496. The van der Waals surface area contributed by atoms with E-state index in [1.54, 1.807) is 6.92 Å². The zero-order valence-corrected chi connectivity index (χ0v) is 16.9. The summed E-state index contributed by atoms with van der Waals surface area (Å²) in [5, 5.41) is 9.16. The molecule has 0 bridgehead atoms. The van der Waals surface area contributed by atoms with Crippen molar-refractivity contribution < 1.29 is 4.52 Å². The normalized spacial score (nSPS) is 22.6. The van der Waals surface area contributed by atoms with E-state index in [0.717, 1.165) is 29.6 Å². The molecule has 2 aliphatic rings. The lowest BCUT2D eigenvalue weighted by Crippen LogP contribution is -2.24. The van der Waals surface area contributed by atoms with E-state index in [-0.39, 0.29) is 12.1 Å². The van der Waals surface area contributed by atoms with Crippen LogP contribution in [0.15, 0.2) is 46.2 Å². The average molecular weight is 424 g/mol. The van der Waals surface area contributed by atoms with Gasteiger partial charge in [-0.3, -0.25) is 9.36 Å². The standard InChI is InChI=1S/C20H18ClN7O2/c1-11-18-20(29)27(10-23-28(18)9-22-11)8-16-24-19(25-30-16)17-14-6-26(7-15(14)17)13-4-2-3-12(21)5-13/h2-5,9-10,14-15,17H,6-8H2,1H3/t14-,15+,17?. The largest absolute Gasteiger partial charge is 0.371 e. The van der Waals surface area contributed by atoms with Crippen molar-refractivity contribution in [2.45, 2.75) is 19.4 Å². The second-order valence-corrected chi connectivity index (χ2v) is 8.41. The van der Waals surface area contributed by atoms with Crippen LogP contribution in [0.25, 0.3) is 5.52 Å². The van der Waals surface area contributed by atoms with Gasteiger partial charge in [-0.05, 0) is 37.0 Å². The number of imidazole rings is 1. The van der Waals surface area contributed by atoms with Crippen LogP contribution in [0.4, 0.5) is 5.69 Å². The monoisotopic (exact) mass is 423 g/mol. The van der Waals surface area contributed by atoms with Gasteiger partial charge in [0, 0.05) is 29.7 Å². The number of fused-ring (bicyclic) bond motifs is 2. The second kappa shape index (κ2) is 6.40. The first-order valence-electron chi connectivity index (χ1n) is 9.81. The molecular weight excluding hydrogens is 406 g/mol. The van der Waals surface area contributed by atoms with E-state index in [0.29, 0.717) is 34.9 Å². The number of anilines is 1. The molecule has 0 radical (unpaired) electrons. The van der Waals surface area contributed by atoms with Crippen LogP contribution in [-0.4, -0.2) is 42.4 Å². The van der Waals surface area contributed by atoms with E-state index in [1.165, 1.54) is 21.7 Å². The zero-order chi connectivity index (χ0) is 20.4. The molecule has 1 aliphatic carbocycles. The Morgan fingerprint density at radius 1 is 1.23 bits per heavy atom. The molecule has 10 heteroatoms. The van der Waals surface area contributed by atoms with Gasteiger partial charge in [-0.1, -0.05) is 22.8 Å². The molecular formula is C20H18ClN7O2. The van der Waals surface area contributed by atoms with Gasteiger partial charge in [0.1, 0.15) is 19.2 Å². The molecule has 1 saturated carbocycles. The van der Waals surface area contributed by atoms with Crippen molar-refractivity contribution >= 4 is 22.8 Å². The minimum Gasteiger partial charge on any atom is -0.371 e. The maximum Gasteiger partial charge on any atom is 0.280 e. The molecule has 0 N–H and O–H groups in total. The van der Waals surface area contributed by atoms with Crippen LogP contribution in [0, 0.1) is 18.8 Å². The van der Waals surface area contributed by atoms with Gasteiger partial charge in [0.15, 0.2) is 11.3 Å². The van der Waals surface area contributed by atoms with Gasteiger partial charge in [-0.2, -0.15) is 10.1 Å². The molecule has 1 saturated heterocycles. The molecule has 3 atom stereocenters. The summed E-state index contributed by atoms with van der Waals surface area (Å²) < 4.78 is 8.38. The summed E-state index contributed by atoms with van der Waals surface area (Å²) in [4.78, 5) is 23.7. The Hall–Kier alpha value is -3.20. The summed E-state index contributed by atoms with van der Waals surface area (Å²) in [5.74, 6) is 2.49. The van der Waals surface area contributed by atoms with E-state index in [1.807, 2.05) is 18.2 Å². The van der Waals surface area contributed by atoms with Crippen LogP contribution >= 0.6 is 11.6 Å². The minimum atomic E-state index is -0.180. The van der Waals surface area contributed by atoms with Gasteiger partial charge >= 0.3 is 0 Å². The molecule has 2 fully saturated rings. The molecule has 4 heterocycles. The number of halogens is 1. The summed E-state index contributed by atoms with van der Waals surface area (Å²) in [6.07, 6.45) is 2.99. The van der Waals surface area contributed by atoms with Gasteiger partial charge in [-0.25, -0.2) is 9.50 Å². The molecule has 1 unspecified atom stereocenters. The van der Waals surface area contributed by atoms with Crippen molar-refractivity contribution in [3.05, 3.63) is 69.7 Å². The van der Waals surface area contributed by atoms with Crippen molar-refractivity contribution in [3.8, 4) is 0 Å². The third-order valence-electron chi connectivity index (χ3n) is 6.17. The Morgan fingerprint density at radius 2 is 2.07 bits per heavy atom. The number of aromatic nitrogens is 6. The average Bonchev–Trinajstić information content (AvgIpc) is 3.16. The molecule has 1 aliphatic heterocycles. The predicted octanol–water partition coefficient (Wildman–Crippen LogP) is 2.13. The third-order valence-corrected chi connectivity index (χ3v) is 6.40. The number of aryl methyl sites for hydroxylation is 1. The van der Waals surface area contributed by atoms with E-state index < -0.39 is 0 Å². The molecule has 0 spiro atoms. The smallest absolute Gasteiger partial charge is 0.280 e. The Labute approximate surface area is 175 Å². The fraction of sp³-hybridized carbons (Fsp3) is 0.350. The third kappa shape index (κ3) is 2.72. The molecule has 9 nitrogen and oxygen atoms in total. The molecule has 1 aromatic carbocycles. The van der Waals surface area contributed by atoms with Gasteiger partial charge in [0.2, 0.25) is 5.89 Å². The summed E-state index contributed by atoms with van der Waals surface area (Å²) >= 11 is 6.12. The molecule has 0 amide bonds. The number of hydrogen-bond donors (Lipinski definition) is 0. The summed E-state index contributed by atoms with van der Waals surface area (Å²) in [7, 11) is 0. The summed E-state index contributed by atoms with van der Waals surface area (Å²) in [6.45, 7) is 3.89. The van der Waals surface area contributed by atoms with Crippen molar-refractivity contribution in [2.75, 3.05) is 18.0 Å². The number of nitrogens with zero attached hydrogens (tertiary/aromatic N) is 7. The molecule has 4 aromatic rings. The van der Waals surface area contributed by atoms with Crippen LogP contribution in [0.2, 0.25) is 5.02 Å². The predicted molar refractivity (Wildman–Crippen MR) is 109 cm³/mol. The lowest BCUT2D eigenvalue weighted by Gasteiger charge is -2.21. The highest BCUT2D eigenvalue weighted by Gasteiger charge is 2.58. The van der Waals surface area contributed by atoms with Crippen LogP contribution in [0.3, 0.4) is 0 Å². The first-order chi connectivity index (χ1) is 14.6. The van der Waals surface area contributed by atoms with Crippen LogP contribution in [-0.2, 0) is 6.54 Å². The van der Waals surface area contributed by atoms with Crippen LogP contribution < -0.4 is 10.5 Å². The first-order valence-corrected chi connectivity index (χ1v) is 10.2. The molecule has 152 valence electrons. The topological polar surface area (TPSA) is 94.4 Å². The van der Waals surface area contributed by atoms with Crippen molar-refractivity contribution in [3.63, 3.8) is 0 Å². The van der Waals surface area contributed by atoms with Crippen LogP contribution in [0.5, 0.6) is 0 Å². The Kier molecular flexibility index (Phi) is 3.76. The van der Waals surface area contributed by atoms with E-state index in [2.05, 4.69) is 31.2 Å². The fourth-order valence-corrected chi connectivity index (χ4v) is 4.78. The molecule has 6 rings (SSSR count). The number of rotatable bonds is 4. The second-order valence-electron chi connectivity index (χ2n) is 7.97. The van der Waals surface area contributed by atoms with E-state index in [9.17, 15) is 4.79 Å². The number of hydrogen-bond acceptors (Lipinski definition) is 7. The maximum absolute atomic E-state index is 12.7. The molecule has 3 aromatic heterocycles. The highest BCUT2D eigenvalue weighted by molar-refractivity contribution is 6.30. The van der Waals surface area contributed by atoms with Crippen molar-refractivity contribution in [2.24, 2.45) is 11.8 Å². The summed E-state index contributed by atoms with van der Waals surface area (Å²) in [5.41, 5.74) is 2.07. The van der Waals surface area contributed by atoms with Gasteiger partial charge in [0.05, 0.1) is 5.69 Å². The van der Waals surface area contributed by atoms with Crippen molar-refractivity contribution in [1.82, 2.24) is 29.3 Å². The Bertz CT molecular complexity index is 1310. The lowest BCUT2D eigenvalue weighted by molar-refractivity contribution is 0.363. The first kappa shape index (κ1) is 17.6. The fourth-order valence-electron chi connectivity index (χ4n) is 4.59. The van der Waals surface area contributed by atoms with Crippen molar-refractivity contribution in [1.29, 1.82) is 0 Å². The summed E-state index contributed by atoms with van der Waals surface area (Å²) in [6, 6.07) is 7.95. The SMILES string of the molecule is Cc1ncn2ncn(Cc3nc(C4[C@H]5CN(c6cccc(Cl)c6)C[C@@H]45)no3)c(=O)c12. The Morgan fingerprint density at radius 3 is 2.87 bits per heavy atom. The number of benzene rings is 1. The number of piperidine rings is 1. The zero-order valence-electron chi connectivity index (χ0n) is 16.1. The maximum atomic E-state index is 12.7. The van der Waals surface area contributed by atoms with Crippen LogP contribution in [0.1, 0.15) is 23.3 Å². The van der Waals surface area contributed by atoms with Gasteiger partial charge in [-0.15, -0.1) is 0 Å². The highest BCUT2D eigenvalue weighted by atomic mass is 35.5. The van der Waals surface area contributed by atoms with E-state index >= 15 is 0 Å². The Balaban J connectivity index is 1.17. The highest BCUT2D eigenvalue weighted by Crippen LogP contribution is 2.57.